The normalized spacial score (nSPS) is 22.0. The summed E-state index contributed by atoms with van der Waals surface area (Å²) in [6, 6.07) is -0.879. The fraction of sp³-hybridized carbons (Fsp3) is 0.681. The maximum atomic E-state index is 12.9. The molecule has 0 aromatic carbocycles. The number of hydrogen-bond acceptors (Lipinski definition) is 8. The zero-order valence-electron chi connectivity index (χ0n) is 34.8. The first-order valence-electron chi connectivity index (χ1n) is 21.8. The molecule has 0 aliphatic carbocycles. The van der Waals surface area contributed by atoms with Crippen LogP contribution in [0.15, 0.2) is 85.1 Å². The molecule has 0 aromatic heterocycles. The van der Waals surface area contributed by atoms with E-state index in [1.54, 1.807) is 12.2 Å². The van der Waals surface area contributed by atoms with Crippen LogP contribution in [0, 0.1) is 0 Å². The lowest BCUT2D eigenvalue weighted by atomic mass is 9.99. The summed E-state index contributed by atoms with van der Waals surface area (Å²) in [5.41, 5.74) is 0. The maximum absolute atomic E-state index is 12.9. The number of aliphatic hydroxyl groups excluding tert-OH is 5. The summed E-state index contributed by atoms with van der Waals surface area (Å²) in [4.78, 5) is 12.9. The second kappa shape index (κ2) is 36.7. The summed E-state index contributed by atoms with van der Waals surface area (Å²) in [6.07, 6.45) is 43.7. The highest BCUT2D eigenvalue weighted by Gasteiger charge is 2.44. The molecule has 9 heteroatoms. The van der Waals surface area contributed by atoms with E-state index in [0.717, 1.165) is 44.9 Å². The van der Waals surface area contributed by atoms with E-state index in [2.05, 4.69) is 73.8 Å². The minimum atomic E-state index is -1.59. The molecule has 56 heavy (non-hydrogen) atoms. The van der Waals surface area contributed by atoms with Crippen molar-refractivity contribution in [2.24, 2.45) is 0 Å². The largest absolute Gasteiger partial charge is 0.394 e. The van der Waals surface area contributed by atoms with Crippen LogP contribution < -0.4 is 5.32 Å². The minimum absolute atomic E-state index is 0.102. The Kier molecular flexibility index (Phi) is 33.7. The molecule has 1 aliphatic rings. The van der Waals surface area contributed by atoms with Gasteiger partial charge in [-0.05, 0) is 57.8 Å². The topological polar surface area (TPSA) is 149 Å². The van der Waals surface area contributed by atoms with Crippen molar-refractivity contribution in [3.63, 3.8) is 0 Å². The van der Waals surface area contributed by atoms with E-state index in [0.29, 0.717) is 6.42 Å². The van der Waals surface area contributed by atoms with Crippen LogP contribution in [0.4, 0.5) is 0 Å². The van der Waals surface area contributed by atoms with E-state index < -0.39 is 49.5 Å². The third kappa shape index (κ3) is 27.1. The second-order valence-corrected chi connectivity index (χ2v) is 14.8. The van der Waals surface area contributed by atoms with Crippen LogP contribution in [0.25, 0.3) is 0 Å². The van der Waals surface area contributed by atoms with Crippen LogP contribution >= 0.6 is 0 Å². The molecule has 6 N–H and O–H groups in total. The minimum Gasteiger partial charge on any atom is -0.394 e. The lowest BCUT2D eigenvalue weighted by Crippen LogP contribution is -2.60. The first kappa shape index (κ1) is 51.4. The summed E-state index contributed by atoms with van der Waals surface area (Å²) >= 11 is 0. The van der Waals surface area contributed by atoms with Gasteiger partial charge in [0.2, 0.25) is 5.91 Å². The number of carbonyl (C=O) groups is 1. The van der Waals surface area contributed by atoms with Crippen molar-refractivity contribution in [2.45, 2.75) is 192 Å². The Bertz CT molecular complexity index is 1140. The third-order valence-electron chi connectivity index (χ3n) is 9.73. The highest BCUT2D eigenvalue weighted by atomic mass is 16.7. The standard InChI is InChI=1S/C47H79NO8/c1-3-5-7-9-11-13-15-17-19-20-21-23-24-26-28-30-32-34-36-41(50)40(39-55-47-46(54)45(53)44(52)42(38-49)56-47)48-43(51)37-35-33-31-29-27-25-22-18-16-14-12-10-8-6-4-2/h6,8,12,14,18,22,26-29,33-36,40-42,44-47,49-50,52-54H,3-5,7,9-11,13,15-17,19-21,23-25,30-32,37-39H2,1-2H3,(H,48,51)/b8-6-,14-12-,22-18-,28-26+,29-27-,35-33-,36-34+. The van der Waals surface area contributed by atoms with E-state index >= 15 is 0 Å². The van der Waals surface area contributed by atoms with Crippen molar-refractivity contribution < 1.29 is 39.8 Å². The monoisotopic (exact) mass is 786 g/mol. The van der Waals surface area contributed by atoms with E-state index in [1.165, 1.54) is 77.0 Å². The van der Waals surface area contributed by atoms with Crippen LogP contribution in [0.1, 0.15) is 149 Å². The van der Waals surface area contributed by atoms with Gasteiger partial charge in [-0.3, -0.25) is 4.79 Å². The summed E-state index contributed by atoms with van der Waals surface area (Å²) in [6.45, 7) is 3.56. The average Bonchev–Trinajstić information content (AvgIpc) is 3.20. The first-order chi connectivity index (χ1) is 27.3. The molecule has 7 unspecified atom stereocenters. The van der Waals surface area contributed by atoms with Gasteiger partial charge in [-0.15, -0.1) is 0 Å². The fourth-order valence-corrected chi connectivity index (χ4v) is 6.24. The Hall–Kier alpha value is -2.63. The fourth-order valence-electron chi connectivity index (χ4n) is 6.24. The van der Waals surface area contributed by atoms with Gasteiger partial charge in [0.15, 0.2) is 6.29 Å². The molecule has 1 aliphatic heterocycles. The summed E-state index contributed by atoms with van der Waals surface area (Å²) in [7, 11) is 0. The molecule has 0 aromatic rings. The molecular weight excluding hydrogens is 707 g/mol. The molecule has 1 amide bonds. The van der Waals surface area contributed by atoms with Crippen molar-refractivity contribution in [2.75, 3.05) is 13.2 Å². The first-order valence-corrected chi connectivity index (χ1v) is 21.8. The number of carbonyl (C=O) groups excluding carboxylic acids is 1. The van der Waals surface area contributed by atoms with Gasteiger partial charge in [-0.25, -0.2) is 0 Å². The maximum Gasteiger partial charge on any atom is 0.224 e. The van der Waals surface area contributed by atoms with Crippen LogP contribution in [-0.2, 0) is 14.3 Å². The Balaban J connectivity index is 2.49. The summed E-state index contributed by atoms with van der Waals surface area (Å²) in [5.74, 6) is -0.318. The molecule has 1 saturated heterocycles. The highest BCUT2D eigenvalue weighted by Crippen LogP contribution is 2.22. The number of allylic oxidation sites excluding steroid dienone is 12. The number of hydrogen-bond donors (Lipinski definition) is 6. The number of amides is 1. The second-order valence-electron chi connectivity index (χ2n) is 14.8. The van der Waals surface area contributed by atoms with Crippen LogP contribution in [0.5, 0.6) is 0 Å². The predicted molar refractivity (Wildman–Crippen MR) is 230 cm³/mol. The molecule has 320 valence electrons. The molecule has 9 nitrogen and oxygen atoms in total. The van der Waals surface area contributed by atoms with Gasteiger partial charge in [0.25, 0.3) is 0 Å². The van der Waals surface area contributed by atoms with Crippen molar-refractivity contribution in [1.82, 2.24) is 5.32 Å². The number of rotatable bonds is 34. The molecule has 1 rings (SSSR count). The number of aliphatic hydroxyl groups is 5. The van der Waals surface area contributed by atoms with Crippen LogP contribution in [-0.4, -0.2) is 87.5 Å². The SMILES string of the molecule is CC/C=C\C/C=C\C/C=C\C/C=C\C/C=C\CC(=O)NC(COC1OC(CO)C(O)C(O)C1O)C(O)/C=C/CC/C=C/CCCCCCCCCCCCCC. The smallest absolute Gasteiger partial charge is 0.224 e. The van der Waals surface area contributed by atoms with Crippen molar-refractivity contribution in [1.29, 1.82) is 0 Å². The van der Waals surface area contributed by atoms with Crippen LogP contribution in [0.2, 0.25) is 0 Å². The van der Waals surface area contributed by atoms with Gasteiger partial charge < -0.3 is 40.3 Å². The van der Waals surface area contributed by atoms with Gasteiger partial charge in [0.05, 0.1) is 25.4 Å². The van der Waals surface area contributed by atoms with Gasteiger partial charge in [-0.2, -0.15) is 0 Å². The molecule has 0 saturated carbocycles. The number of ether oxygens (including phenoxy) is 2. The van der Waals surface area contributed by atoms with Crippen molar-refractivity contribution in [3.05, 3.63) is 85.1 Å². The molecule has 0 spiro atoms. The quantitative estimate of drug-likeness (QED) is 0.0280. The van der Waals surface area contributed by atoms with Crippen molar-refractivity contribution in [3.8, 4) is 0 Å². The van der Waals surface area contributed by atoms with E-state index in [-0.39, 0.29) is 18.9 Å². The third-order valence-corrected chi connectivity index (χ3v) is 9.73. The lowest BCUT2D eigenvalue weighted by molar-refractivity contribution is -0.302. The Morgan fingerprint density at radius 2 is 1.12 bits per heavy atom. The van der Waals surface area contributed by atoms with Gasteiger partial charge in [0, 0.05) is 6.42 Å². The van der Waals surface area contributed by atoms with E-state index in [1.807, 2.05) is 18.2 Å². The van der Waals surface area contributed by atoms with Gasteiger partial charge in [-0.1, -0.05) is 170 Å². The molecule has 1 heterocycles. The number of nitrogens with one attached hydrogen (secondary N) is 1. The molecule has 7 atom stereocenters. The molecule has 1 fully saturated rings. The van der Waals surface area contributed by atoms with Gasteiger partial charge in [0.1, 0.15) is 24.4 Å². The molecule has 0 radical (unpaired) electrons. The zero-order valence-corrected chi connectivity index (χ0v) is 34.8. The lowest BCUT2D eigenvalue weighted by Gasteiger charge is -2.40. The average molecular weight is 786 g/mol. The van der Waals surface area contributed by atoms with Gasteiger partial charge >= 0.3 is 0 Å². The Morgan fingerprint density at radius 3 is 1.68 bits per heavy atom. The van der Waals surface area contributed by atoms with Crippen molar-refractivity contribution >= 4 is 5.91 Å². The Morgan fingerprint density at radius 1 is 0.625 bits per heavy atom. The van der Waals surface area contributed by atoms with Crippen LogP contribution in [0.3, 0.4) is 0 Å². The molecule has 0 bridgehead atoms. The predicted octanol–water partition coefficient (Wildman–Crippen LogP) is 8.77. The number of unbranched alkanes of at least 4 members (excludes halogenated alkanes) is 13. The van der Waals surface area contributed by atoms with E-state index in [4.69, 9.17) is 9.47 Å². The molecular formula is C47H79NO8. The Labute approximate surface area is 340 Å². The van der Waals surface area contributed by atoms with E-state index in [9.17, 15) is 30.3 Å². The zero-order chi connectivity index (χ0) is 40.9. The summed E-state index contributed by atoms with van der Waals surface area (Å²) in [5, 5.41) is 54.0. The highest BCUT2D eigenvalue weighted by molar-refractivity contribution is 5.77. The summed E-state index contributed by atoms with van der Waals surface area (Å²) < 4.78 is 11.1.